The molecule has 1 aliphatic rings. The zero-order valence-electron chi connectivity index (χ0n) is 15.9. The summed E-state index contributed by atoms with van der Waals surface area (Å²) in [5.74, 6) is -1.38. The molecule has 140 valence electrons. The number of ketones is 2. The first-order valence-corrected chi connectivity index (χ1v) is 9.15. The largest absolute Gasteiger partial charge is 0.389 e. The third-order valence-corrected chi connectivity index (χ3v) is 5.22. The van der Waals surface area contributed by atoms with Gasteiger partial charge in [-0.1, -0.05) is 48.5 Å². The van der Waals surface area contributed by atoms with E-state index in [2.05, 4.69) is 5.32 Å². The van der Waals surface area contributed by atoms with E-state index in [9.17, 15) is 14.7 Å². The highest BCUT2D eigenvalue weighted by atomic mass is 16.3. The maximum absolute atomic E-state index is 12.7. The molecule has 27 heavy (non-hydrogen) atoms. The number of Topliss-reactive ketones (excluding diaryl/α,β-unsaturated/α-hetero) is 2. The Bertz CT molecular complexity index is 869. The Morgan fingerprint density at radius 2 is 1.56 bits per heavy atom. The minimum absolute atomic E-state index is 0.0935. The monoisotopic (exact) mass is 363 g/mol. The predicted molar refractivity (Wildman–Crippen MR) is 106 cm³/mol. The van der Waals surface area contributed by atoms with Crippen LogP contribution in [0.5, 0.6) is 0 Å². The quantitative estimate of drug-likeness (QED) is 0.840. The van der Waals surface area contributed by atoms with Crippen LogP contribution in [0.4, 0.5) is 5.69 Å². The molecule has 3 rings (SSSR count). The van der Waals surface area contributed by atoms with E-state index in [0.29, 0.717) is 11.3 Å². The predicted octanol–water partition coefficient (Wildman–Crippen LogP) is 4.09. The lowest BCUT2D eigenvalue weighted by Gasteiger charge is -2.43. The minimum atomic E-state index is -1.26. The van der Waals surface area contributed by atoms with E-state index in [1.54, 1.807) is 6.92 Å². The number of allylic oxidation sites excluding steroid dienone is 1. The highest BCUT2D eigenvalue weighted by Gasteiger charge is 2.49. The van der Waals surface area contributed by atoms with Gasteiger partial charge >= 0.3 is 0 Å². The molecule has 0 aromatic heterocycles. The SMILES string of the molecule is CC(=O)C1=C(Nc2ccccc2)C[C@](C)(O)[C@@H](C(C)=O)[C@@H]1c1ccccc1. The summed E-state index contributed by atoms with van der Waals surface area (Å²) < 4.78 is 0. The summed E-state index contributed by atoms with van der Waals surface area (Å²) in [6.07, 6.45) is 0.213. The lowest BCUT2D eigenvalue weighted by molar-refractivity contribution is -0.131. The van der Waals surface area contributed by atoms with Gasteiger partial charge < -0.3 is 10.4 Å². The molecule has 4 heteroatoms. The standard InChI is InChI=1S/C23H25NO3/c1-15(25)20-19(24-18-12-8-5-9-13-18)14-23(3,27)22(16(2)26)21(20)17-10-6-4-7-11-17/h4-13,21-22,24,27H,14H2,1-3H3/t21-,22+,23+/m1/s1. The van der Waals surface area contributed by atoms with Gasteiger partial charge in [-0.3, -0.25) is 9.59 Å². The lowest BCUT2D eigenvalue weighted by Crippen LogP contribution is -2.48. The molecule has 0 saturated carbocycles. The highest BCUT2D eigenvalue weighted by molar-refractivity contribution is 5.98. The number of nitrogens with one attached hydrogen (secondary N) is 1. The third kappa shape index (κ3) is 3.86. The maximum Gasteiger partial charge on any atom is 0.158 e. The van der Waals surface area contributed by atoms with Crippen molar-refractivity contribution in [2.24, 2.45) is 5.92 Å². The van der Waals surface area contributed by atoms with Gasteiger partial charge in [-0.15, -0.1) is 0 Å². The van der Waals surface area contributed by atoms with E-state index >= 15 is 0 Å². The first-order chi connectivity index (χ1) is 12.8. The second kappa shape index (κ2) is 7.49. The van der Waals surface area contributed by atoms with Gasteiger partial charge in [0, 0.05) is 29.3 Å². The molecule has 2 N–H and O–H groups in total. The van der Waals surface area contributed by atoms with Crippen molar-refractivity contribution in [2.75, 3.05) is 5.32 Å². The van der Waals surface area contributed by atoms with Gasteiger partial charge in [0.05, 0.1) is 11.5 Å². The summed E-state index contributed by atoms with van der Waals surface area (Å²) in [4.78, 5) is 25.2. The van der Waals surface area contributed by atoms with E-state index in [0.717, 1.165) is 11.3 Å². The number of hydrogen-bond acceptors (Lipinski definition) is 4. The zero-order chi connectivity index (χ0) is 19.6. The van der Waals surface area contributed by atoms with Gasteiger partial charge in [-0.05, 0) is 38.5 Å². The molecule has 0 saturated heterocycles. The fourth-order valence-electron chi connectivity index (χ4n) is 4.21. The molecule has 0 amide bonds. The zero-order valence-corrected chi connectivity index (χ0v) is 15.9. The van der Waals surface area contributed by atoms with E-state index < -0.39 is 17.4 Å². The van der Waals surface area contributed by atoms with Crippen molar-refractivity contribution < 1.29 is 14.7 Å². The number of benzene rings is 2. The summed E-state index contributed by atoms with van der Waals surface area (Å²) in [5.41, 5.74) is 1.68. The van der Waals surface area contributed by atoms with Crippen LogP contribution in [0.3, 0.4) is 0 Å². The summed E-state index contributed by atoms with van der Waals surface area (Å²) in [6.45, 7) is 4.69. The Kier molecular flexibility index (Phi) is 5.29. The first-order valence-electron chi connectivity index (χ1n) is 9.15. The average molecular weight is 363 g/mol. The third-order valence-electron chi connectivity index (χ3n) is 5.22. The molecule has 0 heterocycles. The molecule has 4 nitrogen and oxygen atoms in total. The first kappa shape index (κ1) is 19.1. The average Bonchev–Trinajstić information content (AvgIpc) is 2.61. The van der Waals surface area contributed by atoms with Crippen LogP contribution in [-0.2, 0) is 9.59 Å². The molecule has 0 bridgehead atoms. The lowest BCUT2D eigenvalue weighted by atomic mass is 9.64. The maximum atomic E-state index is 12.7. The van der Waals surface area contributed by atoms with Crippen molar-refractivity contribution in [1.29, 1.82) is 0 Å². The van der Waals surface area contributed by atoms with Crippen LogP contribution in [-0.4, -0.2) is 22.3 Å². The topological polar surface area (TPSA) is 66.4 Å². The Labute approximate surface area is 159 Å². The van der Waals surface area contributed by atoms with Crippen molar-refractivity contribution >= 4 is 17.3 Å². The molecule has 0 aliphatic heterocycles. The van der Waals surface area contributed by atoms with Crippen molar-refractivity contribution in [2.45, 2.75) is 38.7 Å². The number of carbonyl (C=O) groups excluding carboxylic acids is 2. The van der Waals surface area contributed by atoms with Gasteiger partial charge in [-0.2, -0.15) is 0 Å². The summed E-state index contributed by atoms with van der Waals surface area (Å²) in [7, 11) is 0. The van der Waals surface area contributed by atoms with E-state index in [4.69, 9.17) is 0 Å². The molecule has 0 fully saturated rings. The van der Waals surface area contributed by atoms with Crippen LogP contribution in [0.1, 0.15) is 38.7 Å². The number of para-hydroxylation sites is 1. The number of anilines is 1. The van der Waals surface area contributed by atoms with Crippen LogP contribution >= 0.6 is 0 Å². The molecule has 0 unspecified atom stereocenters. The van der Waals surface area contributed by atoms with Crippen LogP contribution in [0.15, 0.2) is 71.9 Å². The van der Waals surface area contributed by atoms with Gasteiger partial charge in [-0.25, -0.2) is 0 Å². The number of carbonyl (C=O) groups is 2. The minimum Gasteiger partial charge on any atom is -0.389 e. The van der Waals surface area contributed by atoms with Gasteiger partial charge in [0.2, 0.25) is 0 Å². The molecular formula is C23H25NO3. The Balaban J connectivity index is 2.20. The van der Waals surface area contributed by atoms with Crippen molar-refractivity contribution in [3.05, 3.63) is 77.5 Å². The molecule has 3 atom stereocenters. The number of hydrogen-bond donors (Lipinski definition) is 2. The summed E-state index contributed by atoms with van der Waals surface area (Å²) in [5, 5.41) is 14.5. The van der Waals surface area contributed by atoms with Crippen molar-refractivity contribution in [3.8, 4) is 0 Å². The van der Waals surface area contributed by atoms with E-state index in [1.165, 1.54) is 13.8 Å². The normalized spacial score (nSPS) is 25.2. The molecule has 0 radical (unpaired) electrons. The molecular weight excluding hydrogens is 338 g/mol. The van der Waals surface area contributed by atoms with Crippen molar-refractivity contribution in [1.82, 2.24) is 0 Å². The fourth-order valence-corrected chi connectivity index (χ4v) is 4.21. The molecule has 0 spiro atoms. The Morgan fingerprint density at radius 3 is 2.07 bits per heavy atom. The summed E-state index contributed by atoms with van der Waals surface area (Å²) >= 11 is 0. The van der Waals surface area contributed by atoms with Crippen molar-refractivity contribution in [3.63, 3.8) is 0 Å². The molecule has 1 aliphatic carbocycles. The van der Waals surface area contributed by atoms with Gasteiger partial charge in [0.1, 0.15) is 5.78 Å². The second-order valence-electron chi connectivity index (χ2n) is 7.45. The second-order valence-corrected chi connectivity index (χ2v) is 7.45. The van der Waals surface area contributed by atoms with Crippen LogP contribution in [0.2, 0.25) is 0 Å². The molecule has 2 aromatic carbocycles. The van der Waals surface area contributed by atoms with Crippen LogP contribution in [0.25, 0.3) is 0 Å². The summed E-state index contributed by atoms with van der Waals surface area (Å²) in [6, 6.07) is 19.0. The number of aliphatic hydroxyl groups is 1. The van der Waals surface area contributed by atoms with Gasteiger partial charge in [0.25, 0.3) is 0 Å². The molecule has 2 aromatic rings. The van der Waals surface area contributed by atoms with E-state index in [-0.39, 0.29) is 18.0 Å². The smallest absolute Gasteiger partial charge is 0.158 e. The van der Waals surface area contributed by atoms with Crippen LogP contribution in [0, 0.1) is 5.92 Å². The van der Waals surface area contributed by atoms with Crippen LogP contribution < -0.4 is 5.32 Å². The fraction of sp³-hybridized carbons (Fsp3) is 0.304. The van der Waals surface area contributed by atoms with Gasteiger partial charge in [0.15, 0.2) is 5.78 Å². The number of rotatable bonds is 5. The Hall–Kier alpha value is -2.72. The van der Waals surface area contributed by atoms with E-state index in [1.807, 2.05) is 60.7 Å². The highest BCUT2D eigenvalue weighted by Crippen LogP contribution is 2.47. The Morgan fingerprint density at radius 1 is 1.00 bits per heavy atom.